The highest BCUT2D eigenvalue weighted by Gasteiger charge is 2.17. The maximum absolute atomic E-state index is 5.47. The maximum atomic E-state index is 5.47. The van der Waals surface area contributed by atoms with Gasteiger partial charge in [-0.2, -0.15) is 0 Å². The van der Waals surface area contributed by atoms with Gasteiger partial charge in [0.2, 0.25) is 0 Å². The number of hydrogen-bond donors (Lipinski definition) is 2. The minimum atomic E-state index is 0.439. The van der Waals surface area contributed by atoms with Crippen molar-refractivity contribution in [3.05, 3.63) is 22.4 Å². The van der Waals surface area contributed by atoms with E-state index in [1.165, 1.54) is 4.88 Å². The molecule has 1 aromatic rings. The van der Waals surface area contributed by atoms with E-state index in [9.17, 15) is 0 Å². The molecular weight excluding hydrogens is 232 g/mol. The molecule has 2 heterocycles. The lowest BCUT2D eigenvalue weighted by Crippen LogP contribution is -2.45. The van der Waals surface area contributed by atoms with E-state index >= 15 is 0 Å². The van der Waals surface area contributed by atoms with Crippen molar-refractivity contribution in [2.75, 3.05) is 19.8 Å². The predicted molar refractivity (Wildman–Crippen MR) is 72.6 cm³/mol. The molecule has 0 bridgehead atoms. The van der Waals surface area contributed by atoms with Crippen LogP contribution in [0.2, 0.25) is 0 Å². The molecule has 1 aromatic heterocycles. The summed E-state index contributed by atoms with van der Waals surface area (Å²) in [6, 6.07) is 5.75. The summed E-state index contributed by atoms with van der Waals surface area (Å²) in [6.07, 6.45) is 1.12. The normalized spacial score (nSPS) is 24.5. The molecule has 3 nitrogen and oxygen atoms in total. The molecule has 1 aliphatic heterocycles. The molecule has 17 heavy (non-hydrogen) atoms. The summed E-state index contributed by atoms with van der Waals surface area (Å²) in [5, 5.41) is 9.27. The van der Waals surface area contributed by atoms with E-state index < -0.39 is 0 Å². The van der Waals surface area contributed by atoms with Crippen molar-refractivity contribution in [1.82, 2.24) is 10.6 Å². The summed E-state index contributed by atoms with van der Waals surface area (Å²) in [5.41, 5.74) is 0. The van der Waals surface area contributed by atoms with Gasteiger partial charge in [-0.3, -0.25) is 0 Å². The summed E-state index contributed by atoms with van der Waals surface area (Å²) >= 11 is 1.82. The molecule has 0 saturated carbocycles. The number of nitrogens with one attached hydrogen (secondary N) is 2. The van der Waals surface area contributed by atoms with E-state index in [0.717, 1.165) is 26.2 Å². The Bertz CT molecular complexity index is 309. The molecule has 0 spiro atoms. The summed E-state index contributed by atoms with van der Waals surface area (Å²) in [5.74, 6) is 0. The Morgan fingerprint density at radius 1 is 1.59 bits per heavy atom. The SMILES string of the molecule is CC(CC1COCCN1)NC(C)c1cccs1. The molecular formula is C13H22N2OS. The highest BCUT2D eigenvalue weighted by Crippen LogP contribution is 2.19. The van der Waals surface area contributed by atoms with Crippen molar-refractivity contribution in [2.45, 2.75) is 38.4 Å². The summed E-state index contributed by atoms with van der Waals surface area (Å²) in [6.45, 7) is 7.16. The predicted octanol–water partition coefficient (Wildman–Crippen LogP) is 2.17. The van der Waals surface area contributed by atoms with Crippen LogP contribution in [0.25, 0.3) is 0 Å². The van der Waals surface area contributed by atoms with Crippen LogP contribution >= 0.6 is 11.3 Å². The van der Waals surface area contributed by atoms with Crippen LogP contribution in [-0.2, 0) is 4.74 Å². The molecule has 2 rings (SSSR count). The van der Waals surface area contributed by atoms with Crippen LogP contribution in [0.1, 0.15) is 31.2 Å². The van der Waals surface area contributed by atoms with Crippen molar-refractivity contribution < 1.29 is 4.74 Å². The monoisotopic (exact) mass is 254 g/mol. The van der Waals surface area contributed by atoms with E-state index in [2.05, 4.69) is 42.0 Å². The van der Waals surface area contributed by atoms with Crippen LogP contribution in [-0.4, -0.2) is 31.8 Å². The number of hydrogen-bond acceptors (Lipinski definition) is 4. The number of morpholine rings is 1. The van der Waals surface area contributed by atoms with Crippen LogP contribution in [0.15, 0.2) is 17.5 Å². The largest absolute Gasteiger partial charge is 0.379 e. The number of thiophene rings is 1. The van der Waals surface area contributed by atoms with Crippen LogP contribution in [0.5, 0.6) is 0 Å². The lowest BCUT2D eigenvalue weighted by Gasteiger charge is -2.28. The summed E-state index contributed by atoms with van der Waals surface area (Å²) < 4.78 is 5.47. The number of rotatable bonds is 5. The summed E-state index contributed by atoms with van der Waals surface area (Å²) in [4.78, 5) is 1.41. The lowest BCUT2D eigenvalue weighted by atomic mass is 10.1. The van der Waals surface area contributed by atoms with E-state index in [4.69, 9.17) is 4.74 Å². The van der Waals surface area contributed by atoms with Crippen molar-refractivity contribution in [1.29, 1.82) is 0 Å². The van der Waals surface area contributed by atoms with Crippen molar-refractivity contribution >= 4 is 11.3 Å². The Morgan fingerprint density at radius 3 is 3.12 bits per heavy atom. The van der Waals surface area contributed by atoms with Crippen LogP contribution < -0.4 is 10.6 Å². The van der Waals surface area contributed by atoms with Gasteiger partial charge >= 0.3 is 0 Å². The minimum absolute atomic E-state index is 0.439. The second-order valence-corrected chi connectivity index (χ2v) is 5.75. The van der Waals surface area contributed by atoms with E-state index in [0.29, 0.717) is 18.1 Å². The summed E-state index contributed by atoms with van der Waals surface area (Å²) in [7, 11) is 0. The van der Waals surface area contributed by atoms with Gasteiger partial charge in [-0.15, -0.1) is 11.3 Å². The zero-order valence-corrected chi connectivity index (χ0v) is 11.4. The Labute approximate surface area is 108 Å². The molecule has 0 aliphatic carbocycles. The smallest absolute Gasteiger partial charge is 0.0620 e. The van der Waals surface area contributed by atoms with Gasteiger partial charge in [-0.05, 0) is 31.7 Å². The van der Waals surface area contributed by atoms with Crippen LogP contribution in [0, 0.1) is 0 Å². The molecule has 2 N–H and O–H groups in total. The second-order valence-electron chi connectivity index (χ2n) is 4.77. The minimum Gasteiger partial charge on any atom is -0.379 e. The van der Waals surface area contributed by atoms with E-state index in [1.807, 2.05) is 11.3 Å². The Hall–Kier alpha value is -0.420. The van der Waals surface area contributed by atoms with E-state index in [-0.39, 0.29) is 0 Å². The van der Waals surface area contributed by atoms with Crippen LogP contribution in [0.3, 0.4) is 0 Å². The fraction of sp³-hybridized carbons (Fsp3) is 0.692. The van der Waals surface area contributed by atoms with Crippen molar-refractivity contribution in [2.24, 2.45) is 0 Å². The molecule has 1 fully saturated rings. The fourth-order valence-electron chi connectivity index (χ4n) is 2.31. The molecule has 0 radical (unpaired) electrons. The molecule has 3 atom stereocenters. The third kappa shape index (κ3) is 4.07. The highest BCUT2D eigenvalue weighted by molar-refractivity contribution is 7.10. The maximum Gasteiger partial charge on any atom is 0.0620 e. The van der Waals surface area contributed by atoms with Gasteiger partial charge in [0.25, 0.3) is 0 Å². The zero-order valence-electron chi connectivity index (χ0n) is 10.6. The third-order valence-corrected chi connectivity index (χ3v) is 4.20. The topological polar surface area (TPSA) is 33.3 Å². The first-order valence-electron chi connectivity index (χ1n) is 6.36. The lowest BCUT2D eigenvalue weighted by molar-refractivity contribution is 0.0708. The quantitative estimate of drug-likeness (QED) is 0.845. The van der Waals surface area contributed by atoms with Crippen LogP contribution in [0.4, 0.5) is 0 Å². The fourth-order valence-corrected chi connectivity index (χ4v) is 3.06. The van der Waals surface area contributed by atoms with Gasteiger partial charge in [-0.1, -0.05) is 6.07 Å². The second kappa shape index (κ2) is 6.50. The first-order chi connectivity index (χ1) is 8.25. The van der Waals surface area contributed by atoms with Gasteiger partial charge < -0.3 is 15.4 Å². The van der Waals surface area contributed by atoms with Gasteiger partial charge in [-0.25, -0.2) is 0 Å². The zero-order chi connectivity index (χ0) is 12.1. The van der Waals surface area contributed by atoms with Gasteiger partial charge in [0.05, 0.1) is 13.2 Å². The first-order valence-corrected chi connectivity index (χ1v) is 7.24. The van der Waals surface area contributed by atoms with Gasteiger partial charge in [0.1, 0.15) is 0 Å². The standard InChI is InChI=1S/C13H22N2OS/c1-10(8-12-9-16-6-5-14-12)15-11(2)13-4-3-7-17-13/h3-4,7,10-12,14-15H,5-6,8-9H2,1-2H3. The average molecular weight is 254 g/mol. The van der Waals surface area contributed by atoms with Crippen molar-refractivity contribution in [3.63, 3.8) is 0 Å². The molecule has 3 unspecified atom stereocenters. The van der Waals surface area contributed by atoms with Crippen molar-refractivity contribution in [3.8, 4) is 0 Å². The third-order valence-electron chi connectivity index (χ3n) is 3.14. The Balaban J connectivity index is 1.74. The molecule has 96 valence electrons. The Kier molecular flexibility index (Phi) is 4.98. The average Bonchev–Trinajstić information content (AvgIpc) is 2.83. The number of ether oxygens (including phenoxy) is 1. The highest BCUT2D eigenvalue weighted by atomic mass is 32.1. The molecule has 0 aromatic carbocycles. The first kappa shape index (κ1) is 13.0. The molecule has 0 amide bonds. The van der Waals surface area contributed by atoms with Gasteiger partial charge in [0, 0.05) is 29.5 Å². The molecule has 4 heteroatoms. The molecule has 1 aliphatic rings. The van der Waals surface area contributed by atoms with E-state index in [1.54, 1.807) is 0 Å². The molecule has 1 saturated heterocycles. The Morgan fingerprint density at radius 2 is 2.47 bits per heavy atom. The van der Waals surface area contributed by atoms with Gasteiger partial charge in [0.15, 0.2) is 0 Å².